The number of halogens is 2. The molecule has 15 heavy (non-hydrogen) atoms. The molecule has 0 unspecified atom stereocenters. The van der Waals surface area contributed by atoms with Crippen molar-refractivity contribution in [2.75, 3.05) is 11.8 Å². The Morgan fingerprint density at radius 1 is 1.13 bits per heavy atom. The van der Waals surface area contributed by atoms with E-state index in [9.17, 15) is 10.1 Å². The number of nitro groups is 1. The van der Waals surface area contributed by atoms with E-state index in [1.165, 1.54) is 6.07 Å². The van der Waals surface area contributed by atoms with E-state index in [1.807, 2.05) is 0 Å². The number of benzene rings is 1. The second-order valence-electron chi connectivity index (χ2n) is 3.09. The summed E-state index contributed by atoms with van der Waals surface area (Å²) in [5.74, 6) is 0.962. The summed E-state index contributed by atoms with van der Waals surface area (Å²) < 4.78 is 0. The summed E-state index contributed by atoms with van der Waals surface area (Å²) >= 11 is 11.3. The molecule has 0 aliphatic rings. The number of hydrogen-bond donors (Lipinski definition) is 0. The van der Waals surface area contributed by atoms with Gasteiger partial charge in [0.05, 0.1) is 4.92 Å². The van der Waals surface area contributed by atoms with Crippen molar-refractivity contribution in [2.24, 2.45) is 0 Å². The number of alkyl halides is 2. The zero-order valence-electron chi connectivity index (χ0n) is 8.08. The first-order chi connectivity index (χ1) is 7.19. The van der Waals surface area contributed by atoms with Gasteiger partial charge in [0, 0.05) is 23.9 Å². The Labute approximate surface area is 98.2 Å². The monoisotopic (exact) mass is 247 g/mol. The minimum atomic E-state index is -0.401. The Morgan fingerprint density at radius 3 is 2.27 bits per heavy atom. The SMILES string of the molecule is O=[N+]([O-])c1ccc(CCCl)c(CCCl)c1. The molecule has 0 fully saturated rings. The van der Waals surface area contributed by atoms with Gasteiger partial charge in [-0.1, -0.05) is 6.07 Å². The topological polar surface area (TPSA) is 43.1 Å². The molecule has 0 atom stereocenters. The molecule has 0 spiro atoms. The van der Waals surface area contributed by atoms with Crippen LogP contribution in [0.15, 0.2) is 18.2 Å². The number of non-ortho nitro benzene ring substituents is 1. The highest BCUT2D eigenvalue weighted by Crippen LogP contribution is 2.19. The van der Waals surface area contributed by atoms with E-state index in [4.69, 9.17) is 23.2 Å². The zero-order valence-corrected chi connectivity index (χ0v) is 9.59. The molecule has 0 aliphatic carbocycles. The smallest absolute Gasteiger partial charge is 0.258 e. The minimum absolute atomic E-state index is 0.105. The summed E-state index contributed by atoms with van der Waals surface area (Å²) in [5, 5.41) is 10.6. The summed E-state index contributed by atoms with van der Waals surface area (Å²) in [4.78, 5) is 10.2. The van der Waals surface area contributed by atoms with E-state index < -0.39 is 4.92 Å². The van der Waals surface area contributed by atoms with E-state index in [-0.39, 0.29) is 5.69 Å². The maximum absolute atomic E-state index is 10.6. The van der Waals surface area contributed by atoms with Crippen LogP contribution in [0, 0.1) is 10.1 Å². The summed E-state index contributed by atoms with van der Waals surface area (Å²) in [6, 6.07) is 4.83. The number of nitrogens with zero attached hydrogens (tertiary/aromatic N) is 1. The van der Waals surface area contributed by atoms with Crippen molar-refractivity contribution in [1.29, 1.82) is 0 Å². The fourth-order valence-corrected chi connectivity index (χ4v) is 1.81. The fourth-order valence-electron chi connectivity index (χ4n) is 1.41. The van der Waals surface area contributed by atoms with Crippen LogP contribution in [0.1, 0.15) is 11.1 Å². The highest BCUT2D eigenvalue weighted by molar-refractivity contribution is 6.18. The third kappa shape index (κ3) is 3.36. The molecule has 0 heterocycles. The summed E-state index contributed by atoms with van der Waals surface area (Å²) in [5.41, 5.74) is 2.06. The lowest BCUT2D eigenvalue weighted by atomic mass is 10.0. The predicted octanol–water partition coefficient (Wildman–Crippen LogP) is 3.16. The van der Waals surface area contributed by atoms with Gasteiger partial charge in [0.15, 0.2) is 0 Å². The Balaban J connectivity index is 3.02. The molecule has 0 saturated heterocycles. The Morgan fingerprint density at radius 2 is 1.73 bits per heavy atom. The van der Waals surface area contributed by atoms with Crippen molar-refractivity contribution >= 4 is 28.9 Å². The summed E-state index contributed by atoms with van der Waals surface area (Å²) in [6.07, 6.45) is 1.35. The predicted molar refractivity (Wildman–Crippen MR) is 61.9 cm³/mol. The van der Waals surface area contributed by atoms with E-state index in [1.54, 1.807) is 12.1 Å². The first-order valence-corrected chi connectivity index (χ1v) is 5.64. The van der Waals surface area contributed by atoms with Gasteiger partial charge in [0.25, 0.3) is 5.69 Å². The molecular weight excluding hydrogens is 237 g/mol. The van der Waals surface area contributed by atoms with Gasteiger partial charge in [-0.3, -0.25) is 10.1 Å². The van der Waals surface area contributed by atoms with Crippen LogP contribution in [0.5, 0.6) is 0 Å². The van der Waals surface area contributed by atoms with Gasteiger partial charge in [-0.25, -0.2) is 0 Å². The van der Waals surface area contributed by atoms with Crippen LogP contribution < -0.4 is 0 Å². The van der Waals surface area contributed by atoms with Gasteiger partial charge in [0.2, 0.25) is 0 Å². The maximum atomic E-state index is 10.6. The van der Waals surface area contributed by atoms with Crippen molar-refractivity contribution in [3.8, 4) is 0 Å². The highest BCUT2D eigenvalue weighted by Gasteiger charge is 2.09. The van der Waals surface area contributed by atoms with Crippen molar-refractivity contribution in [2.45, 2.75) is 12.8 Å². The molecule has 0 amide bonds. The van der Waals surface area contributed by atoms with Crippen LogP contribution >= 0.6 is 23.2 Å². The molecule has 0 radical (unpaired) electrons. The Hall–Kier alpha value is -0.800. The molecule has 0 saturated carbocycles. The molecule has 0 aliphatic heterocycles. The molecule has 0 N–H and O–H groups in total. The van der Waals surface area contributed by atoms with Crippen LogP contribution in [0.4, 0.5) is 5.69 Å². The highest BCUT2D eigenvalue weighted by atomic mass is 35.5. The Bertz CT molecular complexity index is 355. The average Bonchev–Trinajstić information content (AvgIpc) is 2.21. The number of hydrogen-bond acceptors (Lipinski definition) is 2. The molecule has 1 rings (SSSR count). The molecule has 5 heteroatoms. The molecule has 3 nitrogen and oxygen atoms in total. The van der Waals surface area contributed by atoms with Gasteiger partial charge < -0.3 is 0 Å². The molecule has 1 aromatic rings. The maximum Gasteiger partial charge on any atom is 0.269 e. The van der Waals surface area contributed by atoms with Crippen LogP contribution in [0.25, 0.3) is 0 Å². The van der Waals surface area contributed by atoms with Crippen molar-refractivity contribution in [3.05, 3.63) is 39.4 Å². The van der Waals surface area contributed by atoms with Crippen molar-refractivity contribution in [1.82, 2.24) is 0 Å². The van der Waals surface area contributed by atoms with E-state index in [0.717, 1.165) is 11.1 Å². The van der Waals surface area contributed by atoms with Crippen LogP contribution in [0.2, 0.25) is 0 Å². The van der Waals surface area contributed by atoms with Crippen molar-refractivity contribution in [3.63, 3.8) is 0 Å². The standard InChI is InChI=1S/C10H11Cl2NO2/c11-5-3-8-1-2-10(13(14)15)7-9(8)4-6-12/h1-2,7H,3-6H2. The number of rotatable bonds is 5. The van der Waals surface area contributed by atoms with Crippen LogP contribution in [0.3, 0.4) is 0 Å². The first kappa shape index (κ1) is 12.3. The van der Waals surface area contributed by atoms with Crippen LogP contribution in [-0.4, -0.2) is 16.7 Å². The molecular formula is C10H11Cl2NO2. The lowest BCUT2D eigenvalue weighted by molar-refractivity contribution is -0.384. The fraction of sp³-hybridized carbons (Fsp3) is 0.400. The second kappa shape index (κ2) is 5.93. The van der Waals surface area contributed by atoms with Gasteiger partial charge in [-0.2, -0.15) is 0 Å². The van der Waals surface area contributed by atoms with Gasteiger partial charge in [-0.05, 0) is 24.0 Å². The largest absolute Gasteiger partial charge is 0.269 e. The van der Waals surface area contributed by atoms with E-state index in [2.05, 4.69) is 0 Å². The lowest BCUT2D eigenvalue weighted by Gasteiger charge is -2.06. The first-order valence-electron chi connectivity index (χ1n) is 4.57. The Kier molecular flexibility index (Phi) is 4.85. The van der Waals surface area contributed by atoms with Gasteiger partial charge in [-0.15, -0.1) is 23.2 Å². The minimum Gasteiger partial charge on any atom is -0.258 e. The third-order valence-electron chi connectivity index (χ3n) is 2.13. The normalized spacial score (nSPS) is 10.3. The average molecular weight is 248 g/mol. The second-order valence-corrected chi connectivity index (χ2v) is 3.84. The summed E-state index contributed by atoms with van der Waals surface area (Å²) in [6.45, 7) is 0. The molecule has 1 aromatic carbocycles. The quantitative estimate of drug-likeness (QED) is 0.456. The molecule has 0 aromatic heterocycles. The van der Waals surface area contributed by atoms with Crippen molar-refractivity contribution < 1.29 is 4.92 Å². The molecule has 0 bridgehead atoms. The lowest BCUT2D eigenvalue weighted by Crippen LogP contribution is -1.98. The summed E-state index contributed by atoms with van der Waals surface area (Å²) in [7, 11) is 0. The van der Waals surface area contributed by atoms with Gasteiger partial charge >= 0.3 is 0 Å². The number of nitro benzene ring substituents is 1. The van der Waals surface area contributed by atoms with E-state index in [0.29, 0.717) is 24.6 Å². The number of aryl methyl sites for hydroxylation is 2. The molecule has 82 valence electrons. The third-order valence-corrected chi connectivity index (χ3v) is 2.51. The van der Waals surface area contributed by atoms with Gasteiger partial charge in [0.1, 0.15) is 0 Å². The zero-order chi connectivity index (χ0) is 11.3. The van der Waals surface area contributed by atoms with Crippen LogP contribution in [-0.2, 0) is 12.8 Å². The van der Waals surface area contributed by atoms with E-state index >= 15 is 0 Å².